The molecule has 1 aromatic rings. The predicted octanol–water partition coefficient (Wildman–Crippen LogP) is 2.34. The van der Waals surface area contributed by atoms with Gasteiger partial charge in [0.15, 0.2) is 0 Å². The van der Waals surface area contributed by atoms with Crippen molar-refractivity contribution < 1.29 is 0 Å². The van der Waals surface area contributed by atoms with E-state index in [1.165, 1.54) is 23.4 Å². The summed E-state index contributed by atoms with van der Waals surface area (Å²) in [6.07, 6.45) is 4.48. The Balaban J connectivity index is 2.07. The van der Waals surface area contributed by atoms with Crippen LogP contribution < -0.4 is 10.6 Å². The number of rotatable bonds is 2. The van der Waals surface area contributed by atoms with Gasteiger partial charge in [0.05, 0.1) is 0 Å². The molecule has 82 valence electrons. The molecule has 0 bridgehead atoms. The van der Waals surface area contributed by atoms with Crippen molar-refractivity contribution in [3.8, 4) is 0 Å². The quantitative estimate of drug-likeness (QED) is 0.779. The highest BCUT2D eigenvalue weighted by Crippen LogP contribution is 2.22. The first-order valence-electron chi connectivity index (χ1n) is 5.44. The van der Waals surface area contributed by atoms with Crippen LogP contribution in [0, 0.1) is 0 Å². The predicted molar refractivity (Wildman–Crippen MR) is 67.6 cm³/mol. The van der Waals surface area contributed by atoms with Crippen LogP contribution in [0.1, 0.15) is 12.8 Å². The molecule has 0 aliphatic carbocycles. The van der Waals surface area contributed by atoms with E-state index in [4.69, 9.17) is 5.73 Å². The van der Waals surface area contributed by atoms with Gasteiger partial charge in [0, 0.05) is 29.7 Å². The number of nitrogens with zero attached hydrogens (tertiary/aromatic N) is 1. The van der Waals surface area contributed by atoms with Gasteiger partial charge < -0.3 is 10.6 Å². The van der Waals surface area contributed by atoms with Crippen LogP contribution in [0.25, 0.3) is 0 Å². The molecule has 1 saturated heterocycles. The summed E-state index contributed by atoms with van der Waals surface area (Å²) in [7, 11) is 0. The lowest BCUT2D eigenvalue weighted by Crippen LogP contribution is -2.42. The van der Waals surface area contributed by atoms with Crippen LogP contribution in [-0.4, -0.2) is 25.4 Å². The number of hydrogen-bond donors (Lipinski definition) is 1. The standard InChI is InChI=1S/C12H18N2S/c1-15-12-6-4-11(5-7-12)14-8-2-3-10(13)9-14/h4-7,10H,2-3,8-9,13H2,1H3. The fraction of sp³-hybridized carbons (Fsp3) is 0.500. The number of nitrogens with two attached hydrogens (primary N) is 1. The van der Waals surface area contributed by atoms with E-state index in [1.54, 1.807) is 11.8 Å². The highest BCUT2D eigenvalue weighted by atomic mass is 32.2. The third-order valence-electron chi connectivity index (χ3n) is 2.90. The Kier molecular flexibility index (Phi) is 3.54. The third kappa shape index (κ3) is 2.67. The van der Waals surface area contributed by atoms with E-state index >= 15 is 0 Å². The number of hydrogen-bond acceptors (Lipinski definition) is 3. The van der Waals surface area contributed by atoms with Gasteiger partial charge in [0.1, 0.15) is 0 Å². The second-order valence-electron chi connectivity index (χ2n) is 4.05. The van der Waals surface area contributed by atoms with Crippen molar-refractivity contribution >= 4 is 17.4 Å². The SMILES string of the molecule is CSc1ccc(N2CCCC(N)C2)cc1. The molecule has 0 radical (unpaired) electrons. The summed E-state index contributed by atoms with van der Waals surface area (Å²) in [4.78, 5) is 3.71. The average Bonchev–Trinajstić information content (AvgIpc) is 2.29. The first-order chi connectivity index (χ1) is 7.29. The molecule has 1 aliphatic heterocycles. The first kappa shape index (κ1) is 10.8. The van der Waals surface area contributed by atoms with Gasteiger partial charge >= 0.3 is 0 Å². The van der Waals surface area contributed by atoms with Crippen LogP contribution in [-0.2, 0) is 0 Å². The van der Waals surface area contributed by atoms with E-state index < -0.39 is 0 Å². The minimum Gasteiger partial charge on any atom is -0.370 e. The van der Waals surface area contributed by atoms with Gasteiger partial charge in [-0.15, -0.1) is 11.8 Å². The summed E-state index contributed by atoms with van der Waals surface area (Å²) in [6, 6.07) is 9.10. The Morgan fingerprint density at radius 1 is 1.33 bits per heavy atom. The molecule has 2 N–H and O–H groups in total. The smallest absolute Gasteiger partial charge is 0.0367 e. The van der Waals surface area contributed by atoms with E-state index in [9.17, 15) is 0 Å². The zero-order valence-corrected chi connectivity index (χ0v) is 9.96. The maximum atomic E-state index is 5.97. The van der Waals surface area contributed by atoms with Gasteiger partial charge in [-0.3, -0.25) is 0 Å². The maximum Gasteiger partial charge on any atom is 0.0367 e. The van der Waals surface area contributed by atoms with E-state index in [0.717, 1.165) is 13.1 Å². The van der Waals surface area contributed by atoms with Gasteiger partial charge in [0.2, 0.25) is 0 Å². The van der Waals surface area contributed by atoms with E-state index in [1.807, 2.05) is 0 Å². The monoisotopic (exact) mass is 222 g/mol. The van der Waals surface area contributed by atoms with Gasteiger partial charge in [-0.2, -0.15) is 0 Å². The molecule has 3 heteroatoms. The van der Waals surface area contributed by atoms with Crippen molar-refractivity contribution in [2.75, 3.05) is 24.2 Å². The number of piperidine rings is 1. The van der Waals surface area contributed by atoms with Gasteiger partial charge in [-0.05, 0) is 43.4 Å². The molecular weight excluding hydrogens is 204 g/mol. The van der Waals surface area contributed by atoms with Crippen LogP contribution >= 0.6 is 11.8 Å². The first-order valence-corrected chi connectivity index (χ1v) is 6.66. The molecule has 2 rings (SSSR count). The lowest BCUT2D eigenvalue weighted by Gasteiger charge is -2.32. The molecule has 1 aromatic carbocycles. The largest absolute Gasteiger partial charge is 0.370 e. The third-order valence-corrected chi connectivity index (χ3v) is 3.64. The van der Waals surface area contributed by atoms with E-state index in [-0.39, 0.29) is 0 Å². The second kappa shape index (κ2) is 4.90. The summed E-state index contributed by atoms with van der Waals surface area (Å²) in [6.45, 7) is 2.14. The van der Waals surface area contributed by atoms with Crippen LogP contribution in [0.5, 0.6) is 0 Å². The van der Waals surface area contributed by atoms with Crippen molar-refractivity contribution in [3.63, 3.8) is 0 Å². The zero-order valence-electron chi connectivity index (χ0n) is 9.15. The van der Waals surface area contributed by atoms with E-state index in [0.29, 0.717) is 6.04 Å². The Hall–Kier alpha value is -0.670. The fourth-order valence-electron chi connectivity index (χ4n) is 2.04. The summed E-state index contributed by atoms with van der Waals surface area (Å²) in [5.74, 6) is 0. The van der Waals surface area contributed by atoms with Crippen molar-refractivity contribution in [3.05, 3.63) is 24.3 Å². The second-order valence-corrected chi connectivity index (χ2v) is 4.93. The minimum absolute atomic E-state index is 0.346. The average molecular weight is 222 g/mol. The molecule has 15 heavy (non-hydrogen) atoms. The molecule has 1 fully saturated rings. The number of benzene rings is 1. The molecule has 0 saturated carbocycles. The zero-order chi connectivity index (χ0) is 10.7. The molecule has 0 amide bonds. The Morgan fingerprint density at radius 3 is 2.67 bits per heavy atom. The van der Waals surface area contributed by atoms with Crippen LogP contribution in [0.4, 0.5) is 5.69 Å². The van der Waals surface area contributed by atoms with Gasteiger partial charge in [0.25, 0.3) is 0 Å². The molecule has 1 unspecified atom stereocenters. The molecule has 1 atom stereocenters. The van der Waals surface area contributed by atoms with Crippen molar-refractivity contribution in [2.45, 2.75) is 23.8 Å². The van der Waals surface area contributed by atoms with Gasteiger partial charge in [-0.1, -0.05) is 0 Å². The molecule has 0 spiro atoms. The molecule has 1 heterocycles. The molecule has 0 aromatic heterocycles. The van der Waals surface area contributed by atoms with Crippen molar-refractivity contribution in [1.29, 1.82) is 0 Å². The molecular formula is C12H18N2S. The normalized spacial score (nSPS) is 21.7. The Bertz CT molecular complexity index is 310. The van der Waals surface area contributed by atoms with Crippen molar-refractivity contribution in [2.24, 2.45) is 5.73 Å². The van der Waals surface area contributed by atoms with Crippen molar-refractivity contribution in [1.82, 2.24) is 0 Å². The lowest BCUT2D eigenvalue weighted by molar-refractivity contribution is 0.506. The lowest BCUT2D eigenvalue weighted by atomic mass is 10.1. The minimum atomic E-state index is 0.346. The maximum absolute atomic E-state index is 5.97. The van der Waals surface area contributed by atoms with Crippen LogP contribution in [0.2, 0.25) is 0 Å². The van der Waals surface area contributed by atoms with Gasteiger partial charge in [-0.25, -0.2) is 0 Å². The molecule has 2 nitrogen and oxygen atoms in total. The topological polar surface area (TPSA) is 29.3 Å². The summed E-state index contributed by atoms with van der Waals surface area (Å²) < 4.78 is 0. The Labute approximate surface area is 95.8 Å². The van der Waals surface area contributed by atoms with E-state index in [2.05, 4.69) is 35.4 Å². The number of anilines is 1. The highest BCUT2D eigenvalue weighted by molar-refractivity contribution is 7.98. The highest BCUT2D eigenvalue weighted by Gasteiger charge is 2.16. The summed E-state index contributed by atoms with van der Waals surface area (Å²) in [5, 5.41) is 0. The van der Waals surface area contributed by atoms with Crippen LogP contribution in [0.3, 0.4) is 0 Å². The molecule has 1 aliphatic rings. The Morgan fingerprint density at radius 2 is 2.07 bits per heavy atom. The number of thioether (sulfide) groups is 1. The summed E-state index contributed by atoms with van der Waals surface area (Å²) >= 11 is 1.78. The fourth-order valence-corrected chi connectivity index (χ4v) is 2.45. The summed E-state index contributed by atoms with van der Waals surface area (Å²) in [5.41, 5.74) is 7.28. The van der Waals surface area contributed by atoms with Crippen LogP contribution in [0.15, 0.2) is 29.2 Å².